The van der Waals surface area contributed by atoms with Crippen LogP contribution >= 0.6 is 23.2 Å². The number of nitrogens with two attached hydrogens (primary N) is 2. The second-order valence-corrected chi connectivity index (χ2v) is 9.28. The maximum absolute atomic E-state index is 12.4. The number of primary amides is 1. The molecule has 0 saturated carbocycles. The zero-order chi connectivity index (χ0) is 22.8. The molecular weight excluding hydrogens is 451 g/mol. The molecule has 0 atom stereocenters. The zero-order valence-corrected chi connectivity index (χ0v) is 19.1. The molecule has 0 spiro atoms. The number of H-pyrrole nitrogens is 1. The number of rotatable bonds is 3. The van der Waals surface area contributed by atoms with Gasteiger partial charge in [-0.15, -0.1) is 0 Å². The second-order valence-electron chi connectivity index (χ2n) is 8.54. The molecule has 1 aliphatic rings. The smallest absolute Gasteiger partial charge is 0.268 e. The number of carbonyl (C=O) groups is 1. The van der Waals surface area contributed by atoms with Gasteiger partial charge in [0.15, 0.2) is 0 Å². The molecule has 4 heterocycles. The summed E-state index contributed by atoms with van der Waals surface area (Å²) < 4.78 is 1.56. The molecule has 0 bridgehead atoms. The van der Waals surface area contributed by atoms with Crippen LogP contribution < -0.4 is 16.4 Å². The first-order chi connectivity index (χ1) is 15.2. The average Bonchev–Trinajstić information content (AvgIpc) is 3.28. The van der Waals surface area contributed by atoms with Crippen molar-refractivity contribution >= 4 is 57.0 Å². The lowest BCUT2D eigenvalue weighted by atomic mass is 9.91. The Morgan fingerprint density at radius 1 is 1.16 bits per heavy atom. The number of anilines is 1. The summed E-state index contributed by atoms with van der Waals surface area (Å²) in [5, 5.41) is 6.37. The molecule has 1 fully saturated rings. The highest BCUT2D eigenvalue weighted by Crippen LogP contribution is 2.40. The van der Waals surface area contributed by atoms with Gasteiger partial charge in [0.2, 0.25) is 5.95 Å². The standard InChI is InChI=1S/C21H22Cl2N8O/c1-21(25)5-7-31(8-6-21)20-27-16(18(24)32)13-11(9-26-19(13)28-20)10-3-4-12-14(15(10)22)17(23)30(2)29-12/h3-4,9H,5-8,25H2,1-2H3,(H2,24,32)(H,26,27,28). The van der Waals surface area contributed by atoms with Crippen molar-refractivity contribution in [3.63, 3.8) is 0 Å². The number of aromatic nitrogens is 5. The zero-order valence-electron chi connectivity index (χ0n) is 17.6. The van der Waals surface area contributed by atoms with Gasteiger partial charge >= 0.3 is 0 Å². The van der Waals surface area contributed by atoms with Crippen molar-refractivity contribution in [3.8, 4) is 11.1 Å². The predicted molar refractivity (Wildman–Crippen MR) is 126 cm³/mol. The minimum Gasteiger partial charge on any atom is -0.364 e. The quantitative estimate of drug-likeness (QED) is 0.419. The first kappa shape index (κ1) is 21.0. The Balaban J connectivity index is 1.67. The van der Waals surface area contributed by atoms with E-state index in [1.807, 2.05) is 24.0 Å². The van der Waals surface area contributed by atoms with E-state index in [4.69, 9.17) is 34.7 Å². The summed E-state index contributed by atoms with van der Waals surface area (Å²) >= 11 is 13.1. The molecule has 32 heavy (non-hydrogen) atoms. The van der Waals surface area contributed by atoms with E-state index < -0.39 is 5.91 Å². The number of carbonyl (C=O) groups excluding carboxylic acids is 1. The summed E-state index contributed by atoms with van der Waals surface area (Å²) in [5.74, 6) is -0.191. The molecule has 5 N–H and O–H groups in total. The largest absolute Gasteiger partial charge is 0.364 e. The summed E-state index contributed by atoms with van der Waals surface area (Å²) in [6.07, 6.45) is 3.36. The Kier molecular flexibility index (Phi) is 4.81. The highest BCUT2D eigenvalue weighted by molar-refractivity contribution is 6.43. The van der Waals surface area contributed by atoms with Gasteiger partial charge in [0.1, 0.15) is 16.5 Å². The highest BCUT2D eigenvalue weighted by atomic mass is 35.5. The first-order valence-corrected chi connectivity index (χ1v) is 11.0. The van der Waals surface area contributed by atoms with Crippen molar-refractivity contribution in [1.29, 1.82) is 0 Å². The second kappa shape index (κ2) is 7.33. The van der Waals surface area contributed by atoms with Crippen molar-refractivity contribution in [2.24, 2.45) is 18.5 Å². The maximum atomic E-state index is 12.4. The number of aromatic amines is 1. The van der Waals surface area contributed by atoms with E-state index in [9.17, 15) is 4.79 Å². The third kappa shape index (κ3) is 3.28. The monoisotopic (exact) mass is 472 g/mol. The predicted octanol–water partition coefficient (Wildman–Crippen LogP) is 3.23. The van der Waals surface area contributed by atoms with E-state index in [-0.39, 0.29) is 11.2 Å². The van der Waals surface area contributed by atoms with E-state index in [2.05, 4.69) is 20.1 Å². The lowest BCUT2D eigenvalue weighted by Crippen LogP contribution is -2.48. The van der Waals surface area contributed by atoms with Crippen LogP contribution in [0.1, 0.15) is 30.3 Å². The van der Waals surface area contributed by atoms with Crippen LogP contribution in [0.4, 0.5) is 5.95 Å². The Hall–Kier alpha value is -2.88. The number of hydrogen-bond donors (Lipinski definition) is 3. The molecule has 4 aromatic rings. The van der Waals surface area contributed by atoms with Gasteiger partial charge in [0.05, 0.1) is 21.3 Å². The minimum absolute atomic E-state index is 0.135. The van der Waals surface area contributed by atoms with Crippen molar-refractivity contribution in [1.82, 2.24) is 24.7 Å². The van der Waals surface area contributed by atoms with Gasteiger partial charge in [-0.2, -0.15) is 10.1 Å². The Bertz CT molecular complexity index is 1380. The summed E-state index contributed by atoms with van der Waals surface area (Å²) in [4.78, 5) is 26.8. The molecule has 166 valence electrons. The van der Waals surface area contributed by atoms with Crippen molar-refractivity contribution in [2.45, 2.75) is 25.3 Å². The number of fused-ring (bicyclic) bond motifs is 2. The highest BCUT2D eigenvalue weighted by Gasteiger charge is 2.29. The summed E-state index contributed by atoms with van der Waals surface area (Å²) in [5.41, 5.74) is 14.4. The lowest BCUT2D eigenvalue weighted by Gasteiger charge is -2.36. The molecule has 0 aliphatic carbocycles. The van der Waals surface area contributed by atoms with Crippen LogP contribution in [0.2, 0.25) is 10.2 Å². The number of aryl methyl sites for hydroxylation is 1. The average molecular weight is 473 g/mol. The van der Waals surface area contributed by atoms with Gasteiger partial charge in [0, 0.05) is 43.0 Å². The van der Waals surface area contributed by atoms with Crippen LogP contribution in [0.5, 0.6) is 0 Å². The molecular formula is C21H22Cl2N8O. The van der Waals surface area contributed by atoms with Gasteiger partial charge in [-0.25, -0.2) is 4.98 Å². The molecule has 0 radical (unpaired) electrons. The fourth-order valence-electron chi connectivity index (χ4n) is 4.19. The number of amides is 1. The molecule has 11 heteroatoms. The molecule has 1 saturated heterocycles. The molecule has 1 aromatic carbocycles. The molecule has 1 aliphatic heterocycles. The molecule has 1 amide bonds. The SMILES string of the molecule is Cn1nc2ccc(-c3c[nH]c4nc(N5CCC(C)(N)CC5)nc(C(N)=O)c34)c(Cl)c2c1Cl. The lowest BCUT2D eigenvalue weighted by molar-refractivity contribution is 0.0997. The Labute approximate surface area is 193 Å². The van der Waals surface area contributed by atoms with E-state index in [1.165, 1.54) is 0 Å². The number of halogens is 2. The molecule has 5 rings (SSSR count). The van der Waals surface area contributed by atoms with Crippen LogP contribution in [-0.4, -0.2) is 49.3 Å². The number of hydrogen-bond acceptors (Lipinski definition) is 6. The Morgan fingerprint density at radius 2 is 1.88 bits per heavy atom. The normalized spacial score (nSPS) is 16.2. The van der Waals surface area contributed by atoms with Crippen molar-refractivity contribution in [3.05, 3.63) is 34.2 Å². The van der Waals surface area contributed by atoms with E-state index in [0.29, 0.717) is 62.3 Å². The fourth-order valence-corrected chi connectivity index (χ4v) is 4.82. The van der Waals surface area contributed by atoms with Gasteiger partial charge in [-0.05, 0) is 25.8 Å². The molecule has 3 aromatic heterocycles. The first-order valence-electron chi connectivity index (χ1n) is 10.2. The third-order valence-electron chi connectivity index (χ3n) is 6.10. The summed E-state index contributed by atoms with van der Waals surface area (Å²) in [6, 6.07) is 3.67. The summed E-state index contributed by atoms with van der Waals surface area (Å²) in [7, 11) is 1.75. The third-order valence-corrected chi connectivity index (χ3v) is 6.93. The van der Waals surface area contributed by atoms with Crippen LogP contribution in [0, 0.1) is 0 Å². The molecule has 0 unspecified atom stereocenters. The van der Waals surface area contributed by atoms with E-state index >= 15 is 0 Å². The van der Waals surface area contributed by atoms with Crippen LogP contribution in [0.15, 0.2) is 18.3 Å². The Morgan fingerprint density at radius 3 is 2.56 bits per heavy atom. The number of nitrogens with zero attached hydrogens (tertiary/aromatic N) is 5. The van der Waals surface area contributed by atoms with Gasteiger partial charge in [-0.3, -0.25) is 9.48 Å². The topological polar surface area (TPSA) is 132 Å². The number of piperidine rings is 1. The van der Waals surface area contributed by atoms with Crippen LogP contribution in [0.25, 0.3) is 33.1 Å². The summed E-state index contributed by atoms with van der Waals surface area (Å²) in [6.45, 7) is 3.44. The van der Waals surface area contributed by atoms with E-state index in [1.54, 1.807) is 17.9 Å². The maximum Gasteiger partial charge on any atom is 0.268 e. The molecule has 9 nitrogen and oxygen atoms in total. The number of nitrogens with one attached hydrogen (secondary N) is 1. The van der Waals surface area contributed by atoms with Crippen LogP contribution in [0.3, 0.4) is 0 Å². The van der Waals surface area contributed by atoms with Crippen LogP contribution in [-0.2, 0) is 7.05 Å². The van der Waals surface area contributed by atoms with Gasteiger partial charge in [-0.1, -0.05) is 29.3 Å². The van der Waals surface area contributed by atoms with Gasteiger partial charge < -0.3 is 21.4 Å². The minimum atomic E-state index is -0.642. The van der Waals surface area contributed by atoms with E-state index in [0.717, 1.165) is 12.8 Å². The fraction of sp³-hybridized carbons (Fsp3) is 0.333. The van der Waals surface area contributed by atoms with Crippen molar-refractivity contribution in [2.75, 3.05) is 18.0 Å². The van der Waals surface area contributed by atoms with Gasteiger partial charge in [0.25, 0.3) is 5.91 Å². The van der Waals surface area contributed by atoms with Crippen molar-refractivity contribution < 1.29 is 4.79 Å². The number of benzene rings is 1.